The highest BCUT2D eigenvalue weighted by Gasteiger charge is 2.41. The Morgan fingerprint density at radius 3 is 2.97 bits per heavy atom. The molecule has 1 saturated heterocycles. The molecule has 174 valence electrons. The fourth-order valence-corrected chi connectivity index (χ4v) is 5.22. The largest absolute Gasteiger partial charge is 0.493 e. The number of pyridine rings is 1. The molecule has 2 N–H and O–H groups in total. The summed E-state index contributed by atoms with van der Waals surface area (Å²) in [5.41, 5.74) is 4.39. The number of carbonyl (C=O) groups is 2. The van der Waals surface area contributed by atoms with E-state index in [0.717, 1.165) is 79.9 Å². The molecule has 0 bridgehead atoms. The molecular formula is C26H31N3O4. The Hall–Kier alpha value is -3.09. The van der Waals surface area contributed by atoms with Crippen LogP contribution in [0.15, 0.2) is 30.3 Å². The van der Waals surface area contributed by atoms with Gasteiger partial charge in [0, 0.05) is 25.2 Å². The highest BCUT2D eigenvalue weighted by atomic mass is 16.5. The van der Waals surface area contributed by atoms with Crippen LogP contribution < -0.4 is 10.1 Å². The van der Waals surface area contributed by atoms with Crippen LogP contribution in [0, 0.1) is 5.92 Å². The molecule has 33 heavy (non-hydrogen) atoms. The number of likely N-dealkylation sites (tertiary alicyclic amines) is 1. The molecule has 1 amide bonds. The van der Waals surface area contributed by atoms with Gasteiger partial charge in [-0.25, -0.2) is 4.98 Å². The molecule has 1 aromatic heterocycles. The van der Waals surface area contributed by atoms with E-state index in [4.69, 9.17) is 9.72 Å². The number of nitrogens with zero attached hydrogens (tertiary/aromatic N) is 2. The third-order valence-electron chi connectivity index (χ3n) is 7.08. The number of anilines is 1. The smallest absolute Gasteiger partial charge is 0.305 e. The van der Waals surface area contributed by atoms with Gasteiger partial charge in [0.1, 0.15) is 11.6 Å². The third-order valence-corrected chi connectivity index (χ3v) is 7.08. The van der Waals surface area contributed by atoms with E-state index in [1.165, 1.54) is 5.56 Å². The van der Waals surface area contributed by atoms with Gasteiger partial charge < -0.3 is 20.1 Å². The minimum Gasteiger partial charge on any atom is -0.493 e. The van der Waals surface area contributed by atoms with E-state index in [1.54, 1.807) is 4.90 Å². The number of hydrogen-bond acceptors (Lipinski definition) is 5. The topological polar surface area (TPSA) is 91.8 Å². The van der Waals surface area contributed by atoms with E-state index < -0.39 is 12.0 Å². The van der Waals surface area contributed by atoms with Gasteiger partial charge in [0.15, 0.2) is 0 Å². The number of carbonyl (C=O) groups excluding carboxylic acids is 1. The second kappa shape index (κ2) is 9.41. The Labute approximate surface area is 194 Å². The first kappa shape index (κ1) is 21.7. The lowest BCUT2D eigenvalue weighted by atomic mass is 9.87. The summed E-state index contributed by atoms with van der Waals surface area (Å²) in [7, 11) is 0. The van der Waals surface area contributed by atoms with E-state index in [1.807, 2.05) is 18.2 Å². The van der Waals surface area contributed by atoms with Gasteiger partial charge in [0.25, 0.3) is 0 Å². The number of ether oxygens (including phenoxy) is 1. The summed E-state index contributed by atoms with van der Waals surface area (Å²) >= 11 is 0. The number of amides is 1. The molecule has 0 radical (unpaired) electrons. The zero-order chi connectivity index (χ0) is 22.8. The van der Waals surface area contributed by atoms with E-state index in [-0.39, 0.29) is 18.2 Å². The molecular weight excluding hydrogens is 418 g/mol. The molecule has 0 aliphatic carbocycles. The Kier molecular flexibility index (Phi) is 6.20. The van der Waals surface area contributed by atoms with Gasteiger partial charge in [-0.15, -0.1) is 0 Å². The summed E-state index contributed by atoms with van der Waals surface area (Å²) < 4.78 is 5.56. The molecule has 1 fully saturated rings. The first-order chi connectivity index (χ1) is 16.1. The lowest BCUT2D eigenvalue weighted by Crippen LogP contribution is -2.54. The van der Waals surface area contributed by atoms with Crippen molar-refractivity contribution >= 4 is 17.7 Å². The second-order valence-corrected chi connectivity index (χ2v) is 9.35. The van der Waals surface area contributed by atoms with E-state index >= 15 is 0 Å². The molecule has 2 unspecified atom stereocenters. The Morgan fingerprint density at radius 1 is 1.21 bits per heavy atom. The molecule has 0 saturated carbocycles. The quantitative estimate of drug-likeness (QED) is 0.447. The number of aryl methyl sites for hydroxylation is 2. The normalized spacial score (nSPS) is 19.7. The number of aromatic nitrogens is 1. The Morgan fingerprint density at radius 2 is 2.12 bits per heavy atom. The van der Waals surface area contributed by atoms with Gasteiger partial charge in [-0.05, 0) is 67.0 Å². The average molecular weight is 450 g/mol. The highest BCUT2D eigenvalue weighted by Crippen LogP contribution is 2.37. The number of benzene rings is 1. The van der Waals surface area contributed by atoms with E-state index in [2.05, 4.69) is 17.4 Å². The Bertz CT molecular complexity index is 1050. The van der Waals surface area contributed by atoms with Crippen molar-refractivity contribution in [3.8, 4) is 5.75 Å². The van der Waals surface area contributed by atoms with Gasteiger partial charge in [-0.2, -0.15) is 0 Å². The fourth-order valence-electron chi connectivity index (χ4n) is 5.22. The summed E-state index contributed by atoms with van der Waals surface area (Å²) in [4.78, 5) is 30.9. The summed E-state index contributed by atoms with van der Waals surface area (Å²) in [6.45, 7) is 2.28. The number of carboxylic acids is 1. The minimum atomic E-state index is -0.889. The molecule has 4 heterocycles. The fraction of sp³-hybridized carbons (Fsp3) is 0.500. The first-order valence-corrected chi connectivity index (χ1v) is 12.1. The van der Waals surface area contributed by atoms with Crippen molar-refractivity contribution in [1.29, 1.82) is 0 Å². The second-order valence-electron chi connectivity index (χ2n) is 9.35. The summed E-state index contributed by atoms with van der Waals surface area (Å²) in [6.07, 6.45) is 6.74. The predicted molar refractivity (Wildman–Crippen MR) is 124 cm³/mol. The van der Waals surface area contributed by atoms with Crippen LogP contribution in [-0.2, 0) is 28.9 Å². The number of aliphatic carboxylic acids is 1. The van der Waals surface area contributed by atoms with Crippen LogP contribution in [0.1, 0.15) is 60.5 Å². The van der Waals surface area contributed by atoms with Crippen LogP contribution in [-0.4, -0.2) is 46.6 Å². The number of rotatable bonds is 9. The van der Waals surface area contributed by atoms with Crippen molar-refractivity contribution in [1.82, 2.24) is 9.88 Å². The SMILES string of the molecule is O=C(O)CC(c1ccc2c(c1)CCO2)N1CC(CCCCc2ccc3c(n2)NCCC3)C1=O. The van der Waals surface area contributed by atoms with Crippen molar-refractivity contribution in [2.24, 2.45) is 5.92 Å². The van der Waals surface area contributed by atoms with Crippen molar-refractivity contribution in [3.63, 3.8) is 0 Å². The van der Waals surface area contributed by atoms with Crippen LogP contribution in [0.3, 0.4) is 0 Å². The van der Waals surface area contributed by atoms with Gasteiger partial charge in [0.2, 0.25) is 5.91 Å². The molecule has 0 spiro atoms. The number of fused-ring (bicyclic) bond motifs is 2. The summed E-state index contributed by atoms with van der Waals surface area (Å²) in [6, 6.07) is 9.71. The molecule has 1 aromatic carbocycles. The van der Waals surface area contributed by atoms with Crippen LogP contribution >= 0.6 is 0 Å². The van der Waals surface area contributed by atoms with Crippen molar-refractivity contribution in [3.05, 3.63) is 52.7 Å². The van der Waals surface area contributed by atoms with Gasteiger partial charge in [-0.1, -0.05) is 18.6 Å². The van der Waals surface area contributed by atoms with Crippen molar-refractivity contribution < 1.29 is 19.4 Å². The standard InChI is InChI=1S/C26H31N3O4/c30-24(31)15-22(18-8-10-23-19(14-18)11-13-33-23)29-16-20(26(29)32)4-1-2-6-21-9-7-17-5-3-12-27-25(17)28-21/h7-10,14,20,22H,1-6,11-13,15-16H2,(H,27,28)(H,30,31). The molecule has 7 heteroatoms. The molecule has 3 aliphatic rings. The van der Waals surface area contributed by atoms with Crippen LogP contribution in [0.5, 0.6) is 5.75 Å². The summed E-state index contributed by atoms with van der Waals surface area (Å²) in [5.74, 6) is 1.09. The van der Waals surface area contributed by atoms with Gasteiger partial charge >= 0.3 is 5.97 Å². The highest BCUT2D eigenvalue weighted by molar-refractivity contribution is 5.85. The molecule has 5 rings (SSSR count). The Balaban J connectivity index is 1.13. The number of β-lactam (4-membered cyclic amide) rings is 1. The zero-order valence-corrected chi connectivity index (χ0v) is 18.9. The maximum absolute atomic E-state index is 12.9. The van der Waals surface area contributed by atoms with Crippen LogP contribution in [0.2, 0.25) is 0 Å². The van der Waals surface area contributed by atoms with Gasteiger partial charge in [0.05, 0.1) is 25.0 Å². The molecule has 2 atom stereocenters. The average Bonchev–Trinajstić information content (AvgIpc) is 3.29. The van der Waals surface area contributed by atoms with Gasteiger partial charge in [-0.3, -0.25) is 9.59 Å². The number of nitrogens with one attached hydrogen (secondary N) is 1. The number of carboxylic acid groups (broad SMARTS) is 1. The lowest BCUT2D eigenvalue weighted by molar-refractivity contribution is -0.154. The van der Waals surface area contributed by atoms with Crippen molar-refractivity contribution in [2.75, 3.05) is 25.0 Å². The first-order valence-electron chi connectivity index (χ1n) is 12.1. The number of hydrogen-bond donors (Lipinski definition) is 2. The summed E-state index contributed by atoms with van der Waals surface area (Å²) in [5, 5.41) is 12.8. The predicted octanol–water partition coefficient (Wildman–Crippen LogP) is 3.76. The number of unbranched alkanes of at least 4 members (excludes halogenated alkanes) is 1. The van der Waals surface area contributed by atoms with Crippen molar-refractivity contribution in [2.45, 2.75) is 57.4 Å². The van der Waals surface area contributed by atoms with E-state index in [0.29, 0.717) is 13.2 Å². The monoisotopic (exact) mass is 449 g/mol. The van der Waals surface area contributed by atoms with Crippen LogP contribution in [0.4, 0.5) is 5.82 Å². The van der Waals surface area contributed by atoms with E-state index in [9.17, 15) is 14.7 Å². The molecule has 3 aliphatic heterocycles. The molecule has 2 aromatic rings. The molecule has 7 nitrogen and oxygen atoms in total. The third kappa shape index (κ3) is 4.68. The minimum absolute atomic E-state index is 0.00258. The zero-order valence-electron chi connectivity index (χ0n) is 18.9. The van der Waals surface area contributed by atoms with Crippen LogP contribution in [0.25, 0.3) is 0 Å². The lowest BCUT2D eigenvalue weighted by Gasteiger charge is -2.43. The maximum atomic E-state index is 12.9. The maximum Gasteiger partial charge on any atom is 0.305 e.